The SMILES string of the molecule is COC=Cc1cc2ccc(=O)oc2cc1C. The van der Waals surface area contributed by atoms with Crippen molar-refractivity contribution in [3.8, 4) is 0 Å². The van der Waals surface area contributed by atoms with E-state index in [0.717, 1.165) is 16.5 Å². The predicted octanol–water partition coefficient (Wildman–Crippen LogP) is 2.72. The molecule has 16 heavy (non-hydrogen) atoms. The largest absolute Gasteiger partial charge is 0.504 e. The predicted molar refractivity (Wildman–Crippen MR) is 63.3 cm³/mol. The summed E-state index contributed by atoms with van der Waals surface area (Å²) >= 11 is 0. The van der Waals surface area contributed by atoms with Gasteiger partial charge < -0.3 is 9.15 Å². The fourth-order valence-corrected chi connectivity index (χ4v) is 1.56. The van der Waals surface area contributed by atoms with Gasteiger partial charge in [-0.05, 0) is 42.3 Å². The zero-order valence-corrected chi connectivity index (χ0v) is 9.19. The van der Waals surface area contributed by atoms with Crippen LogP contribution in [0.25, 0.3) is 17.0 Å². The molecule has 0 saturated carbocycles. The first-order valence-corrected chi connectivity index (χ1v) is 4.94. The Hall–Kier alpha value is -2.03. The summed E-state index contributed by atoms with van der Waals surface area (Å²) in [5.41, 5.74) is 2.37. The molecule has 0 bridgehead atoms. The van der Waals surface area contributed by atoms with E-state index < -0.39 is 0 Å². The van der Waals surface area contributed by atoms with Gasteiger partial charge in [-0.25, -0.2) is 4.79 Å². The van der Waals surface area contributed by atoms with E-state index in [-0.39, 0.29) is 5.63 Å². The highest BCUT2D eigenvalue weighted by atomic mass is 16.5. The molecule has 0 N–H and O–H groups in total. The Morgan fingerprint density at radius 2 is 2.12 bits per heavy atom. The van der Waals surface area contributed by atoms with Crippen molar-refractivity contribution in [1.82, 2.24) is 0 Å². The van der Waals surface area contributed by atoms with E-state index in [0.29, 0.717) is 5.58 Å². The van der Waals surface area contributed by atoms with Crippen molar-refractivity contribution >= 4 is 17.0 Å². The van der Waals surface area contributed by atoms with E-state index in [4.69, 9.17) is 9.15 Å². The summed E-state index contributed by atoms with van der Waals surface area (Å²) < 4.78 is 9.97. The van der Waals surface area contributed by atoms with Crippen molar-refractivity contribution in [3.63, 3.8) is 0 Å². The third kappa shape index (κ3) is 1.98. The first-order valence-electron chi connectivity index (χ1n) is 4.94. The lowest BCUT2D eigenvalue weighted by atomic mass is 10.1. The third-order valence-electron chi connectivity index (χ3n) is 2.39. The van der Waals surface area contributed by atoms with Crippen LogP contribution in [-0.4, -0.2) is 7.11 Å². The van der Waals surface area contributed by atoms with Gasteiger partial charge in [0.05, 0.1) is 13.4 Å². The zero-order valence-electron chi connectivity index (χ0n) is 9.19. The molecular weight excluding hydrogens is 204 g/mol. The van der Waals surface area contributed by atoms with Gasteiger partial charge in [-0.15, -0.1) is 0 Å². The molecule has 0 amide bonds. The number of ether oxygens (including phenoxy) is 1. The van der Waals surface area contributed by atoms with Crippen LogP contribution in [0.3, 0.4) is 0 Å². The maximum atomic E-state index is 11.1. The van der Waals surface area contributed by atoms with E-state index in [1.807, 2.05) is 25.1 Å². The highest BCUT2D eigenvalue weighted by molar-refractivity contribution is 5.80. The number of hydrogen-bond acceptors (Lipinski definition) is 3. The van der Waals surface area contributed by atoms with Crippen LogP contribution in [0.2, 0.25) is 0 Å². The molecule has 3 nitrogen and oxygen atoms in total. The van der Waals surface area contributed by atoms with Crippen LogP contribution >= 0.6 is 0 Å². The van der Waals surface area contributed by atoms with Crippen molar-refractivity contribution in [2.45, 2.75) is 6.92 Å². The lowest BCUT2D eigenvalue weighted by Crippen LogP contribution is -1.95. The lowest BCUT2D eigenvalue weighted by Gasteiger charge is -2.02. The molecule has 0 spiro atoms. The molecule has 0 saturated heterocycles. The number of benzene rings is 1. The van der Waals surface area contributed by atoms with Gasteiger partial charge in [0.1, 0.15) is 5.58 Å². The van der Waals surface area contributed by atoms with E-state index in [1.165, 1.54) is 6.07 Å². The van der Waals surface area contributed by atoms with Crippen LogP contribution in [0.4, 0.5) is 0 Å². The molecule has 0 aliphatic carbocycles. The van der Waals surface area contributed by atoms with E-state index in [9.17, 15) is 4.79 Å². The minimum Gasteiger partial charge on any atom is -0.504 e. The van der Waals surface area contributed by atoms with Crippen molar-refractivity contribution in [2.75, 3.05) is 7.11 Å². The molecule has 0 atom stereocenters. The topological polar surface area (TPSA) is 39.4 Å². The molecular formula is C13H12O3. The Bertz CT molecular complexity index is 594. The van der Waals surface area contributed by atoms with Crippen LogP contribution < -0.4 is 5.63 Å². The standard InChI is InChI=1S/C13H12O3/c1-9-7-12-11(3-4-13(14)16-12)8-10(9)5-6-15-2/h3-8H,1-2H3. The van der Waals surface area contributed by atoms with Gasteiger partial charge in [0, 0.05) is 11.5 Å². The molecule has 0 aliphatic heterocycles. The van der Waals surface area contributed by atoms with Gasteiger partial charge in [-0.2, -0.15) is 0 Å². The van der Waals surface area contributed by atoms with Gasteiger partial charge in [0.15, 0.2) is 0 Å². The number of fused-ring (bicyclic) bond motifs is 1. The van der Waals surface area contributed by atoms with E-state index in [1.54, 1.807) is 19.4 Å². The molecule has 82 valence electrons. The van der Waals surface area contributed by atoms with Crippen molar-refractivity contribution < 1.29 is 9.15 Å². The number of aryl methyl sites for hydroxylation is 1. The minimum absolute atomic E-state index is 0.327. The van der Waals surface area contributed by atoms with Crippen LogP contribution in [0.5, 0.6) is 0 Å². The molecule has 1 aromatic carbocycles. The van der Waals surface area contributed by atoms with E-state index >= 15 is 0 Å². The molecule has 0 aliphatic rings. The minimum atomic E-state index is -0.327. The number of rotatable bonds is 2. The summed E-state index contributed by atoms with van der Waals surface area (Å²) in [5.74, 6) is 0. The van der Waals surface area contributed by atoms with Crippen molar-refractivity contribution in [1.29, 1.82) is 0 Å². The quantitative estimate of drug-likeness (QED) is 0.572. The smallest absolute Gasteiger partial charge is 0.336 e. The fraction of sp³-hybridized carbons (Fsp3) is 0.154. The van der Waals surface area contributed by atoms with Gasteiger partial charge in [-0.1, -0.05) is 0 Å². The van der Waals surface area contributed by atoms with E-state index in [2.05, 4.69) is 0 Å². The van der Waals surface area contributed by atoms with Gasteiger partial charge in [0.25, 0.3) is 0 Å². The Kier molecular flexibility index (Phi) is 2.77. The normalized spacial score (nSPS) is 11.1. The Morgan fingerprint density at radius 1 is 1.31 bits per heavy atom. The summed E-state index contributed by atoms with van der Waals surface area (Å²) in [6.07, 6.45) is 3.49. The van der Waals surface area contributed by atoms with Gasteiger partial charge in [-0.3, -0.25) is 0 Å². The molecule has 2 aromatic rings. The first kappa shape index (κ1) is 10.5. The van der Waals surface area contributed by atoms with Crippen LogP contribution in [0.1, 0.15) is 11.1 Å². The highest BCUT2D eigenvalue weighted by Gasteiger charge is 2.01. The molecule has 3 heteroatoms. The summed E-state index contributed by atoms with van der Waals surface area (Å²) in [7, 11) is 1.60. The molecule has 1 aromatic heterocycles. The first-order chi connectivity index (χ1) is 7.70. The summed E-state index contributed by atoms with van der Waals surface area (Å²) in [6, 6.07) is 6.99. The average molecular weight is 216 g/mol. The average Bonchev–Trinajstić information content (AvgIpc) is 2.26. The van der Waals surface area contributed by atoms with Crippen molar-refractivity contribution in [3.05, 3.63) is 52.1 Å². The monoisotopic (exact) mass is 216 g/mol. The van der Waals surface area contributed by atoms with Gasteiger partial charge in [0.2, 0.25) is 0 Å². The molecule has 2 rings (SSSR count). The Morgan fingerprint density at radius 3 is 2.88 bits per heavy atom. The molecule has 0 unspecified atom stereocenters. The summed E-state index contributed by atoms with van der Waals surface area (Å²) in [5, 5.41) is 0.904. The molecule has 0 fully saturated rings. The number of hydrogen-bond donors (Lipinski definition) is 0. The maximum absolute atomic E-state index is 11.1. The highest BCUT2D eigenvalue weighted by Crippen LogP contribution is 2.19. The second-order valence-corrected chi connectivity index (χ2v) is 3.54. The van der Waals surface area contributed by atoms with Gasteiger partial charge >= 0.3 is 5.63 Å². The fourth-order valence-electron chi connectivity index (χ4n) is 1.56. The van der Waals surface area contributed by atoms with Crippen molar-refractivity contribution in [2.24, 2.45) is 0 Å². The summed E-state index contributed by atoms with van der Waals surface area (Å²) in [4.78, 5) is 11.1. The number of methoxy groups -OCH3 is 1. The molecule has 1 heterocycles. The second kappa shape index (κ2) is 4.23. The zero-order chi connectivity index (χ0) is 11.5. The van der Waals surface area contributed by atoms with Crippen LogP contribution in [0.15, 0.2) is 39.7 Å². The van der Waals surface area contributed by atoms with Crippen LogP contribution in [0, 0.1) is 6.92 Å². The Balaban J connectivity index is 2.62. The molecule has 0 radical (unpaired) electrons. The Labute approximate surface area is 93.0 Å². The maximum Gasteiger partial charge on any atom is 0.336 e. The lowest BCUT2D eigenvalue weighted by molar-refractivity contribution is 0.341. The third-order valence-corrected chi connectivity index (χ3v) is 2.39. The summed E-state index contributed by atoms with van der Waals surface area (Å²) in [6.45, 7) is 1.96. The second-order valence-electron chi connectivity index (χ2n) is 3.54. The van der Waals surface area contributed by atoms with Crippen LogP contribution in [-0.2, 0) is 4.74 Å².